The number of anilines is 1. The first-order chi connectivity index (χ1) is 10.9. The Bertz CT molecular complexity index is 665. The van der Waals surface area contributed by atoms with Crippen LogP contribution in [-0.4, -0.2) is 34.3 Å². The quantitative estimate of drug-likeness (QED) is 0.831. The van der Waals surface area contributed by atoms with E-state index in [0.29, 0.717) is 6.04 Å². The Balaban J connectivity index is 1.74. The van der Waals surface area contributed by atoms with Gasteiger partial charge in [0.2, 0.25) is 0 Å². The molecule has 0 atom stereocenters. The molecule has 2 heterocycles. The van der Waals surface area contributed by atoms with Crippen LogP contribution in [0.3, 0.4) is 0 Å². The van der Waals surface area contributed by atoms with Crippen molar-refractivity contribution in [2.45, 2.75) is 57.4 Å². The molecule has 2 aliphatic rings. The molecular weight excluding hydrogens is 294 g/mol. The van der Waals surface area contributed by atoms with E-state index in [1.165, 1.54) is 59.2 Å². The average molecular weight is 317 g/mol. The lowest BCUT2D eigenvalue weighted by Crippen LogP contribution is -2.28. The molecule has 1 N–H and O–H groups in total. The normalized spacial score (nSPS) is 17.7. The Hall–Kier alpha value is -1.20. The van der Waals surface area contributed by atoms with Gasteiger partial charge in [-0.05, 0) is 56.9 Å². The molecule has 118 valence electrons. The average Bonchev–Trinajstić information content (AvgIpc) is 3.31. The third-order valence-corrected chi connectivity index (χ3v) is 6.00. The number of thiophene rings is 1. The van der Waals surface area contributed by atoms with Crippen LogP contribution < -0.4 is 4.90 Å². The highest BCUT2D eigenvalue weighted by Crippen LogP contribution is 2.41. The molecule has 0 aromatic carbocycles. The Kier molecular flexibility index (Phi) is 4.01. The second-order valence-corrected chi connectivity index (χ2v) is 7.53. The fourth-order valence-electron chi connectivity index (χ4n) is 3.53. The van der Waals surface area contributed by atoms with Crippen LogP contribution in [0.1, 0.15) is 49.0 Å². The van der Waals surface area contributed by atoms with Crippen molar-refractivity contribution < 1.29 is 5.11 Å². The summed E-state index contributed by atoms with van der Waals surface area (Å²) in [5, 5.41) is 10.4. The molecule has 0 spiro atoms. The molecule has 0 amide bonds. The van der Waals surface area contributed by atoms with E-state index in [4.69, 9.17) is 5.11 Å². The van der Waals surface area contributed by atoms with Gasteiger partial charge in [-0.15, -0.1) is 11.3 Å². The van der Waals surface area contributed by atoms with Crippen molar-refractivity contribution in [2.75, 3.05) is 18.1 Å². The summed E-state index contributed by atoms with van der Waals surface area (Å²) in [7, 11) is 0. The molecule has 0 saturated heterocycles. The summed E-state index contributed by atoms with van der Waals surface area (Å²) in [6.07, 6.45) is 11.2. The summed E-state index contributed by atoms with van der Waals surface area (Å²) < 4.78 is 0. The van der Waals surface area contributed by atoms with Gasteiger partial charge in [0, 0.05) is 24.1 Å². The minimum Gasteiger partial charge on any atom is -0.396 e. The Morgan fingerprint density at radius 3 is 2.86 bits per heavy atom. The first kappa shape index (κ1) is 14.4. The van der Waals surface area contributed by atoms with Crippen molar-refractivity contribution in [2.24, 2.45) is 0 Å². The second kappa shape index (κ2) is 6.13. The van der Waals surface area contributed by atoms with Gasteiger partial charge in [-0.2, -0.15) is 0 Å². The lowest BCUT2D eigenvalue weighted by atomic mass is 9.97. The van der Waals surface area contributed by atoms with Crippen LogP contribution in [0.4, 0.5) is 5.82 Å². The molecule has 2 aliphatic carbocycles. The van der Waals surface area contributed by atoms with Gasteiger partial charge in [-0.1, -0.05) is 0 Å². The summed E-state index contributed by atoms with van der Waals surface area (Å²) >= 11 is 1.87. The van der Waals surface area contributed by atoms with Gasteiger partial charge in [-0.3, -0.25) is 0 Å². The molecule has 5 heteroatoms. The number of aryl methyl sites for hydroxylation is 2. The zero-order valence-corrected chi connectivity index (χ0v) is 13.7. The monoisotopic (exact) mass is 317 g/mol. The molecule has 0 aliphatic heterocycles. The molecule has 4 nitrogen and oxygen atoms in total. The second-order valence-electron chi connectivity index (χ2n) is 6.44. The van der Waals surface area contributed by atoms with Crippen LogP contribution in [0, 0.1) is 0 Å². The van der Waals surface area contributed by atoms with Crippen LogP contribution in [-0.2, 0) is 12.8 Å². The number of rotatable bonds is 6. The Morgan fingerprint density at radius 1 is 1.18 bits per heavy atom. The van der Waals surface area contributed by atoms with Crippen LogP contribution in [0.2, 0.25) is 0 Å². The molecule has 0 radical (unpaired) electrons. The molecule has 0 bridgehead atoms. The first-order valence-corrected chi connectivity index (χ1v) is 9.33. The van der Waals surface area contributed by atoms with E-state index in [9.17, 15) is 0 Å². The number of aromatic nitrogens is 2. The first-order valence-electron chi connectivity index (χ1n) is 8.51. The number of aliphatic hydroxyl groups excluding tert-OH is 1. The molecule has 1 saturated carbocycles. The maximum absolute atomic E-state index is 9.06. The smallest absolute Gasteiger partial charge is 0.141 e. The van der Waals surface area contributed by atoms with Gasteiger partial charge >= 0.3 is 0 Å². The number of unbranched alkanes of at least 4 members (excludes halogenated alkanes) is 1. The summed E-state index contributed by atoms with van der Waals surface area (Å²) in [5.41, 5.74) is 1.52. The number of nitrogens with zero attached hydrogens (tertiary/aromatic N) is 3. The molecule has 22 heavy (non-hydrogen) atoms. The van der Waals surface area contributed by atoms with Gasteiger partial charge in [0.25, 0.3) is 0 Å². The molecule has 4 rings (SSSR count). The summed E-state index contributed by atoms with van der Waals surface area (Å²) in [6, 6.07) is 0.649. The zero-order chi connectivity index (χ0) is 14.9. The third kappa shape index (κ3) is 2.61. The molecular formula is C17H23N3OS. The van der Waals surface area contributed by atoms with Crippen LogP contribution in [0.15, 0.2) is 6.33 Å². The Morgan fingerprint density at radius 2 is 2.05 bits per heavy atom. The molecule has 0 unspecified atom stereocenters. The highest BCUT2D eigenvalue weighted by atomic mass is 32.1. The van der Waals surface area contributed by atoms with E-state index < -0.39 is 0 Å². The predicted molar refractivity (Wildman–Crippen MR) is 90.7 cm³/mol. The van der Waals surface area contributed by atoms with Crippen molar-refractivity contribution in [1.29, 1.82) is 0 Å². The van der Waals surface area contributed by atoms with E-state index in [0.717, 1.165) is 25.2 Å². The number of hydrogen-bond acceptors (Lipinski definition) is 5. The fourth-order valence-corrected chi connectivity index (χ4v) is 4.76. The van der Waals surface area contributed by atoms with Crippen molar-refractivity contribution in [1.82, 2.24) is 9.97 Å². The highest BCUT2D eigenvalue weighted by molar-refractivity contribution is 7.19. The van der Waals surface area contributed by atoms with E-state index in [-0.39, 0.29) is 6.61 Å². The van der Waals surface area contributed by atoms with E-state index in [1.54, 1.807) is 6.33 Å². The third-order valence-electron chi connectivity index (χ3n) is 4.80. The zero-order valence-electron chi connectivity index (χ0n) is 12.9. The topological polar surface area (TPSA) is 49.2 Å². The van der Waals surface area contributed by atoms with Crippen molar-refractivity contribution in [3.63, 3.8) is 0 Å². The molecule has 2 aromatic rings. The number of aliphatic hydroxyl groups is 1. The lowest BCUT2D eigenvalue weighted by molar-refractivity contribution is 0.285. The minimum absolute atomic E-state index is 0.283. The van der Waals surface area contributed by atoms with Crippen LogP contribution in [0.5, 0.6) is 0 Å². The Labute approximate surface area is 135 Å². The summed E-state index contributed by atoms with van der Waals surface area (Å²) in [5.74, 6) is 1.16. The summed E-state index contributed by atoms with van der Waals surface area (Å²) in [6.45, 7) is 1.29. The SMILES string of the molecule is OCCCCN(c1ncnc2sc3c(c12)CCCC3)C1CC1. The van der Waals surface area contributed by atoms with E-state index in [1.807, 2.05) is 11.3 Å². The predicted octanol–water partition coefficient (Wildman–Crippen LogP) is 3.31. The largest absolute Gasteiger partial charge is 0.396 e. The van der Waals surface area contributed by atoms with Gasteiger partial charge in [0.1, 0.15) is 17.0 Å². The van der Waals surface area contributed by atoms with Crippen LogP contribution >= 0.6 is 11.3 Å². The van der Waals surface area contributed by atoms with E-state index >= 15 is 0 Å². The fraction of sp³-hybridized carbons (Fsp3) is 0.647. The van der Waals surface area contributed by atoms with Crippen molar-refractivity contribution >= 4 is 27.4 Å². The van der Waals surface area contributed by atoms with Crippen molar-refractivity contribution in [3.8, 4) is 0 Å². The highest BCUT2D eigenvalue weighted by Gasteiger charge is 2.32. The molecule has 1 fully saturated rings. The minimum atomic E-state index is 0.283. The van der Waals surface area contributed by atoms with Gasteiger partial charge < -0.3 is 10.0 Å². The summed E-state index contributed by atoms with van der Waals surface area (Å²) in [4.78, 5) is 14.4. The number of hydrogen-bond donors (Lipinski definition) is 1. The van der Waals surface area contributed by atoms with Crippen molar-refractivity contribution in [3.05, 3.63) is 16.8 Å². The standard InChI is InChI=1S/C17H23N3OS/c21-10-4-3-9-20(12-7-8-12)16-15-13-5-1-2-6-14(13)22-17(15)19-11-18-16/h11-12,21H,1-10H2. The molecule has 2 aromatic heterocycles. The maximum Gasteiger partial charge on any atom is 0.141 e. The van der Waals surface area contributed by atoms with Gasteiger partial charge in [-0.25, -0.2) is 9.97 Å². The lowest BCUT2D eigenvalue weighted by Gasteiger charge is -2.25. The van der Waals surface area contributed by atoms with E-state index in [2.05, 4.69) is 14.9 Å². The van der Waals surface area contributed by atoms with Gasteiger partial charge in [0.15, 0.2) is 0 Å². The van der Waals surface area contributed by atoms with Gasteiger partial charge in [0.05, 0.1) is 5.39 Å². The number of fused-ring (bicyclic) bond motifs is 3. The maximum atomic E-state index is 9.06. The van der Waals surface area contributed by atoms with Crippen LogP contribution in [0.25, 0.3) is 10.2 Å².